The average molecular weight is 461 g/mol. The Hall–Kier alpha value is -3.39. The van der Waals surface area contributed by atoms with Crippen LogP contribution in [0.2, 0.25) is 0 Å². The SMILES string of the molecule is O=C1CC(CC(=O)N2CCCC2c2nccs2)(c2ccccc2)C(=O)N1Cc1ccncc1. The Morgan fingerprint density at radius 1 is 1.09 bits per heavy atom. The summed E-state index contributed by atoms with van der Waals surface area (Å²) < 4.78 is 0. The van der Waals surface area contributed by atoms with Gasteiger partial charge in [-0.25, -0.2) is 4.98 Å². The van der Waals surface area contributed by atoms with E-state index in [0.29, 0.717) is 12.1 Å². The highest BCUT2D eigenvalue weighted by atomic mass is 32.1. The number of pyridine rings is 1. The van der Waals surface area contributed by atoms with E-state index in [1.165, 1.54) is 4.90 Å². The Bertz CT molecular complexity index is 1150. The molecule has 2 aliphatic heterocycles. The van der Waals surface area contributed by atoms with E-state index >= 15 is 0 Å². The number of aromatic nitrogens is 2. The minimum atomic E-state index is -1.20. The van der Waals surface area contributed by atoms with Crippen molar-refractivity contribution in [2.45, 2.75) is 43.7 Å². The second-order valence-electron chi connectivity index (χ2n) is 8.56. The number of hydrogen-bond acceptors (Lipinski definition) is 6. The number of thiazole rings is 1. The van der Waals surface area contributed by atoms with Gasteiger partial charge in [-0.3, -0.25) is 24.3 Å². The Morgan fingerprint density at radius 2 is 1.88 bits per heavy atom. The average Bonchev–Trinajstić information content (AvgIpc) is 3.58. The third kappa shape index (κ3) is 3.95. The van der Waals surface area contributed by atoms with Crippen molar-refractivity contribution >= 4 is 29.1 Å². The lowest BCUT2D eigenvalue weighted by atomic mass is 9.75. The van der Waals surface area contributed by atoms with Gasteiger partial charge < -0.3 is 4.90 Å². The summed E-state index contributed by atoms with van der Waals surface area (Å²) in [6.45, 7) is 0.811. The fourth-order valence-electron chi connectivity index (χ4n) is 4.94. The van der Waals surface area contributed by atoms with Gasteiger partial charge in [0.15, 0.2) is 0 Å². The molecule has 2 fully saturated rings. The van der Waals surface area contributed by atoms with Gasteiger partial charge in [0, 0.05) is 43.4 Å². The molecule has 2 unspecified atom stereocenters. The van der Waals surface area contributed by atoms with E-state index in [2.05, 4.69) is 9.97 Å². The molecule has 0 aliphatic carbocycles. The molecular formula is C25H24N4O3S. The standard InChI is InChI=1S/C25H24N4O3S/c30-21(28-13-4-7-20(28)23-27-12-14-33-23)15-25(19-5-2-1-3-6-19)16-22(31)29(24(25)32)17-18-8-10-26-11-9-18/h1-3,5-6,8-12,14,20H,4,7,13,15-17H2. The largest absolute Gasteiger partial charge is 0.333 e. The number of rotatable bonds is 6. The maximum Gasteiger partial charge on any atom is 0.241 e. The summed E-state index contributed by atoms with van der Waals surface area (Å²) in [5, 5.41) is 2.83. The Morgan fingerprint density at radius 3 is 2.61 bits per heavy atom. The summed E-state index contributed by atoms with van der Waals surface area (Å²) in [5.41, 5.74) is 0.336. The number of hydrogen-bond donors (Lipinski definition) is 0. The van der Waals surface area contributed by atoms with E-state index in [9.17, 15) is 14.4 Å². The van der Waals surface area contributed by atoms with Crippen LogP contribution in [0.25, 0.3) is 0 Å². The molecule has 0 saturated carbocycles. The molecule has 0 radical (unpaired) electrons. The molecule has 2 atom stereocenters. The van der Waals surface area contributed by atoms with Crippen molar-refractivity contribution < 1.29 is 14.4 Å². The predicted octanol–water partition coefficient (Wildman–Crippen LogP) is 3.49. The molecule has 5 rings (SSSR count). The van der Waals surface area contributed by atoms with E-state index in [1.54, 1.807) is 42.1 Å². The van der Waals surface area contributed by atoms with Crippen LogP contribution in [0.3, 0.4) is 0 Å². The van der Waals surface area contributed by atoms with Crippen LogP contribution >= 0.6 is 11.3 Å². The molecule has 0 spiro atoms. The van der Waals surface area contributed by atoms with E-state index in [4.69, 9.17) is 0 Å². The van der Waals surface area contributed by atoms with Crippen LogP contribution in [0.1, 0.15) is 47.9 Å². The highest BCUT2D eigenvalue weighted by Crippen LogP contribution is 2.42. The Balaban J connectivity index is 1.46. The normalized spacial score (nSPS) is 22.8. The molecular weight excluding hydrogens is 436 g/mol. The van der Waals surface area contributed by atoms with Crippen LogP contribution in [0, 0.1) is 0 Å². The van der Waals surface area contributed by atoms with Crippen molar-refractivity contribution in [1.29, 1.82) is 0 Å². The van der Waals surface area contributed by atoms with Gasteiger partial charge in [-0.1, -0.05) is 30.3 Å². The Labute approximate surface area is 196 Å². The molecule has 4 heterocycles. The van der Waals surface area contributed by atoms with Crippen LogP contribution in [0.4, 0.5) is 0 Å². The molecule has 8 heteroatoms. The van der Waals surface area contributed by atoms with E-state index in [1.807, 2.05) is 40.6 Å². The zero-order chi connectivity index (χ0) is 22.8. The molecule has 33 heavy (non-hydrogen) atoms. The van der Waals surface area contributed by atoms with Crippen molar-refractivity contribution in [3.8, 4) is 0 Å². The number of imide groups is 1. The first-order valence-corrected chi connectivity index (χ1v) is 11.9. The minimum Gasteiger partial charge on any atom is -0.333 e. The number of benzene rings is 1. The zero-order valence-corrected chi connectivity index (χ0v) is 18.9. The third-order valence-electron chi connectivity index (χ3n) is 6.59. The number of nitrogens with zero attached hydrogens (tertiary/aromatic N) is 4. The lowest BCUT2D eigenvalue weighted by Crippen LogP contribution is -2.43. The van der Waals surface area contributed by atoms with Crippen LogP contribution in [0.15, 0.2) is 66.4 Å². The van der Waals surface area contributed by atoms with Crippen LogP contribution < -0.4 is 0 Å². The van der Waals surface area contributed by atoms with Crippen molar-refractivity contribution in [3.63, 3.8) is 0 Å². The molecule has 3 amide bonds. The summed E-state index contributed by atoms with van der Waals surface area (Å²) in [5.74, 6) is -0.677. The van der Waals surface area contributed by atoms with Gasteiger partial charge in [0.2, 0.25) is 17.7 Å². The van der Waals surface area contributed by atoms with Crippen molar-refractivity contribution in [1.82, 2.24) is 19.8 Å². The number of amides is 3. The maximum absolute atomic E-state index is 13.8. The monoisotopic (exact) mass is 460 g/mol. The molecule has 168 valence electrons. The topological polar surface area (TPSA) is 83.5 Å². The summed E-state index contributed by atoms with van der Waals surface area (Å²) in [4.78, 5) is 52.1. The highest BCUT2D eigenvalue weighted by molar-refractivity contribution is 7.09. The fourth-order valence-corrected chi connectivity index (χ4v) is 5.72. The lowest BCUT2D eigenvalue weighted by molar-refractivity contribution is -0.143. The number of carbonyl (C=O) groups excluding carboxylic acids is 3. The molecule has 3 aromatic rings. The van der Waals surface area contributed by atoms with Gasteiger partial charge in [0.05, 0.1) is 18.0 Å². The molecule has 0 bridgehead atoms. The van der Waals surface area contributed by atoms with Gasteiger partial charge in [0.25, 0.3) is 0 Å². The van der Waals surface area contributed by atoms with Crippen LogP contribution in [0.5, 0.6) is 0 Å². The fraction of sp³-hybridized carbons (Fsp3) is 0.320. The smallest absolute Gasteiger partial charge is 0.241 e. The summed E-state index contributed by atoms with van der Waals surface area (Å²) >= 11 is 1.54. The molecule has 0 N–H and O–H groups in total. The first kappa shape index (κ1) is 21.5. The minimum absolute atomic E-state index is 0.0115. The van der Waals surface area contributed by atoms with E-state index in [0.717, 1.165) is 23.4 Å². The van der Waals surface area contributed by atoms with Gasteiger partial charge in [0.1, 0.15) is 5.01 Å². The predicted molar refractivity (Wildman–Crippen MR) is 123 cm³/mol. The zero-order valence-electron chi connectivity index (χ0n) is 18.1. The molecule has 1 aromatic carbocycles. The number of likely N-dealkylation sites (tertiary alicyclic amines) is 2. The molecule has 2 saturated heterocycles. The van der Waals surface area contributed by atoms with Crippen molar-refractivity contribution in [2.75, 3.05) is 6.54 Å². The van der Waals surface area contributed by atoms with E-state index in [-0.39, 0.29) is 43.1 Å². The Kier molecular flexibility index (Phi) is 5.76. The van der Waals surface area contributed by atoms with Crippen LogP contribution in [-0.4, -0.2) is 44.0 Å². The van der Waals surface area contributed by atoms with Gasteiger partial charge in [-0.15, -0.1) is 11.3 Å². The van der Waals surface area contributed by atoms with Gasteiger partial charge in [-0.2, -0.15) is 0 Å². The quantitative estimate of drug-likeness (QED) is 0.526. The third-order valence-corrected chi connectivity index (χ3v) is 7.46. The second-order valence-corrected chi connectivity index (χ2v) is 9.48. The lowest BCUT2D eigenvalue weighted by Gasteiger charge is -2.31. The first-order chi connectivity index (χ1) is 16.1. The second kappa shape index (κ2) is 8.86. The summed E-state index contributed by atoms with van der Waals surface area (Å²) in [6.07, 6.45) is 6.75. The molecule has 2 aliphatic rings. The van der Waals surface area contributed by atoms with Gasteiger partial charge >= 0.3 is 0 Å². The molecule has 7 nitrogen and oxygen atoms in total. The van der Waals surface area contributed by atoms with Crippen molar-refractivity contribution in [3.05, 3.63) is 82.6 Å². The van der Waals surface area contributed by atoms with E-state index < -0.39 is 5.41 Å². The maximum atomic E-state index is 13.8. The summed E-state index contributed by atoms with van der Waals surface area (Å²) in [7, 11) is 0. The highest BCUT2D eigenvalue weighted by Gasteiger charge is 2.54. The number of carbonyl (C=O) groups is 3. The first-order valence-electron chi connectivity index (χ1n) is 11.1. The van der Waals surface area contributed by atoms with Crippen LogP contribution in [-0.2, 0) is 26.3 Å². The van der Waals surface area contributed by atoms with Crippen molar-refractivity contribution in [2.24, 2.45) is 0 Å². The summed E-state index contributed by atoms with van der Waals surface area (Å²) in [6, 6.07) is 12.8. The van der Waals surface area contributed by atoms with Gasteiger partial charge in [-0.05, 0) is 36.1 Å². The molecule has 2 aromatic heterocycles.